The van der Waals surface area contributed by atoms with E-state index in [9.17, 15) is 0 Å². The average Bonchev–Trinajstić information content (AvgIpc) is 3.34. The molecule has 2 aromatic heterocycles. The molecule has 0 unspecified atom stereocenters. The SMILES string of the molecule is Cc1cc2scnc2cc1-c1n(-c2c(C(C)C)cccc2C(C)C)c2ccccc2[n+]1C. The molecule has 0 saturated heterocycles. The van der Waals surface area contributed by atoms with Crippen molar-refractivity contribution < 1.29 is 4.57 Å². The summed E-state index contributed by atoms with van der Waals surface area (Å²) in [5, 5.41) is 0. The summed E-state index contributed by atoms with van der Waals surface area (Å²) in [5.74, 6) is 2.05. The molecule has 3 aromatic carbocycles. The second-order valence-corrected chi connectivity index (χ2v) is 10.2. The van der Waals surface area contributed by atoms with Gasteiger partial charge in [-0.05, 0) is 48.6 Å². The first-order valence-electron chi connectivity index (χ1n) is 11.3. The quantitative estimate of drug-likeness (QED) is 0.269. The molecule has 162 valence electrons. The van der Waals surface area contributed by atoms with Crippen molar-refractivity contribution in [1.29, 1.82) is 0 Å². The molecule has 32 heavy (non-hydrogen) atoms. The van der Waals surface area contributed by atoms with Gasteiger partial charge in [0, 0.05) is 11.1 Å². The number of fused-ring (bicyclic) bond motifs is 2. The van der Waals surface area contributed by atoms with Crippen molar-refractivity contribution in [2.75, 3.05) is 0 Å². The first-order valence-corrected chi connectivity index (χ1v) is 12.2. The highest BCUT2D eigenvalue weighted by atomic mass is 32.1. The van der Waals surface area contributed by atoms with E-state index >= 15 is 0 Å². The van der Waals surface area contributed by atoms with Gasteiger partial charge in [0.15, 0.2) is 11.0 Å². The number of nitrogens with zero attached hydrogens (tertiary/aromatic N) is 3. The lowest BCUT2D eigenvalue weighted by atomic mass is 9.92. The minimum Gasteiger partial charge on any atom is -0.245 e. The Morgan fingerprint density at radius 3 is 2.28 bits per heavy atom. The van der Waals surface area contributed by atoms with E-state index in [0.717, 1.165) is 5.52 Å². The average molecular weight is 441 g/mol. The van der Waals surface area contributed by atoms with Crippen LogP contribution >= 0.6 is 11.3 Å². The second kappa shape index (κ2) is 7.86. The van der Waals surface area contributed by atoms with E-state index in [4.69, 9.17) is 0 Å². The lowest BCUT2D eigenvalue weighted by Gasteiger charge is -2.18. The molecule has 0 amide bonds. The number of imidazole rings is 1. The van der Waals surface area contributed by atoms with Crippen molar-refractivity contribution in [3.63, 3.8) is 0 Å². The van der Waals surface area contributed by atoms with Gasteiger partial charge < -0.3 is 0 Å². The molecule has 0 spiro atoms. The molecule has 5 rings (SSSR count). The summed E-state index contributed by atoms with van der Waals surface area (Å²) >= 11 is 1.70. The Morgan fingerprint density at radius 2 is 1.59 bits per heavy atom. The minimum atomic E-state index is 0.421. The monoisotopic (exact) mass is 440 g/mol. The maximum Gasteiger partial charge on any atom is 0.295 e. The van der Waals surface area contributed by atoms with Gasteiger partial charge in [-0.2, -0.15) is 4.57 Å². The van der Waals surface area contributed by atoms with Crippen LogP contribution in [0.4, 0.5) is 0 Å². The van der Waals surface area contributed by atoms with E-state index in [1.54, 1.807) is 11.3 Å². The van der Waals surface area contributed by atoms with Crippen LogP contribution in [0, 0.1) is 6.92 Å². The van der Waals surface area contributed by atoms with E-state index in [-0.39, 0.29) is 0 Å². The normalized spacial score (nSPS) is 12.0. The summed E-state index contributed by atoms with van der Waals surface area (Å²) in [6, 6.07) is 20.1. The molecule has 2 heterocycles. The topological polar surface area (TPSA) is 21.7 Å². The molecule has 0 saturated carbocycles. The van der Waals surface area contributed by atoms with Gasteiger partial charge in [-0.15, -0.1) is 11.3 Å². The Hall–Kier alpha value is -2.98. The first kappa shape index (κ1) is 20.9. The second-order valence-electron chi connectivity index (χ2n) is 9.29. The number of aryl methyl sites for hydroxylation is 2. The van der Waals surface area contributed by atoms with Crippen molar-refractivity contribution in [1.82, 2.24) is 9.55 Å². The van der Waals surface area contributed by atoms with Crippen LogP contribution in [0.5, 0.6) is 0 Å². The van der Waals surface area contributed by atoms with Crippen LogP contribution < -0.4 is 4.57 Å². The highest BCUT2D eigenvalue weighted by molar-refractivity contribution is 7.16. The molecule has 4 heteroatoms. The lowest BCUT2D eigenvalue weighted by Crippen LogP contribution is -2.30. The number of benzene rings is 3. The van der Waals surface area contributed by atoms with Crippen molar-refractivity contribution in [2.45, 2.75) is 46.5 Å². The molecule has 0 bridgehead atoms. The van der Waals surface area contributed by atoms with Crippen LogP contribution in [0.1, 0.15) is 56.2 Å². The third-order valence-corrected chi connectivity index (χ3v) is 7.29. The molecule has 0 aliphatic rings. The maximum atomic E-state index is 4.62. The summed E-state index contributed by atoms with van der Waals surface area (Å²) in [6.07, 6.45) is 0. The predicted octanol–water partition coefficient (Wildman–Crippen LogP) is 7.29. The van der Waals surface area contributed by atoms with Gasteiger partial charge >= 0.3 is 0 Å². The predicted molar refractivity (Wildman–Crippen MR) is 136 cm³/mol. The summed E-state index contributed by atoms with van der Waals surface area (Å²) in [5.41, 5.74) is 12.1. The fourth-order valence-corrected chi connectivity index (χ4v) is 5.62. The third-order valence-electron chi connectivity index (χ3n) is 6.50. The molecular weight excluding hydrogens is 410 g/mol. The Morgan fingerprint density at radius 1 is 0.906 bits per heavy atom. The molecule has 0 aliphatic heterocycles. The Kier molecular flexibility index (Phi) is 5.13. The van der Waals surface area contributed by atoms with Gasteiger partial charge in [0.05, 0.1) is 28.3 Å². The van der Waals surface area contributed by atoms with Crippen LogP contribution in [0.3, 0.4) is 0 Å². The number of hydrogen-bond acceptors (Lipinski definition) is 2. The third kappa shape index (κ3) is 3.17. The number of aromatic nitrogens is 3. The number of thiazole rings is 1. The van der Waals surface area contributed by atoms with Crippen LogP contribution in [-0.2, 0) is 7.05 Å². The summed E-state index contributed by atoms with van der Waals surface area (Å²) in [7, 11) is 2.19. The van der Waals surface area contributed by atoms with Crippen LogP contribution in [0.25, 0.3) is 38.3 Å². The number of hydrogen-bond donors (Lipinski definition) is 0. The zero-order valence-corrected chi connectivity index (χ0v) is 20.5. The zero-order valence-electron chi connectivity index (χ0n) is 19.7. The standard InChI is InChI=1S/C28H30N3S/c1-17(2)20-10-9-11-21(18(3)4)27(20)31-25-13-8-7-12-24(25)30(6)28(31)22-15-23-26(14-19(22)5)32-16-29-23/h7-18H,1-6H3/q+1. The molecular formula is C28H30N3S+. The lowest BCUT2D eigenvalue weighted by molar-refractivity contribution is -0.633. The van der Waals surface area contributed by atoms with Crippen molar-refractivity contribution in [3.05, 3.63) is 76.8 Å². The smallest absolute Gasteiger partial charge is 0.245 e. The number of rotatable bonds is 4. The van der Waals surface area contributed by atoms with E-state index in [2.05, 4.69) is 110 Å². The van der Waals surface area contributed by atoms with Crippen LogP contribution in [0.2, 0.25) is 0 Å². The van der Waals surface area contributed by atoms with Gasteiger partial charge in [0.2, 0.25) is 0 Å². The number of para-hydroxylation sites is 3. The van der Waals surface area contributed by atoms with Gasteiger partial charge in [-0.3, -0.25) is 0 Å². The Labute approximate surface area is 194 Å². The maximum absolute atomic E-state index is 4.62. The van der Waals surface area contributed by atoms with Crippen LogP contribution in [-0.4, -0.2) is 9.55 Å². The van der Waals surface area contributed by atoms with Gasteiger partial charge in [0.1, 0.15) is 5.69 Å². The fraction of sp³-hybridized carbons (Fsp3) is 0.286. The molecule has 3 nitrogen and oxygen atoms in total. The summed E-state index contributed by atoms with van der Waals surface area (Å²) in [6.45, 7) is 11.4. The van der Waals surface area contributed by atoms with Crippen molar-refractivity contribution >= 4 is 32.6 Å². The molecule has 5 aromatic rings. The molecule has 0 fully saturated rings. The fourth-order valence-electron chi connectivity index (χ4n) is 4.86. The highest BCUT2D eigenvalue weighted by Crippen LogP contribution is 2.38. The Balaban J connectivity index is 1.97. The molecule has 0 aliphatic carbocycles. The van der Waals surface area contributed by atoms with E-state index in [0.29, 0.717) is 11.8 Å². The first-order chi connectivity index (χ1) is 15.4. The Bertz CT molecular complexity index is 1430. The summed E-state index contributed by atoms with van der Waals surface area (Å²) in [4.78, 5) is 4.62. The highest BCUT2D eigenvalue weighted by Gasteiger charge is 2.31. The van der Waals surface area contributed by atoms with Gasteiger partial charge in [0.25, 0.3) is 5.82 Å². The van der Waals surface area contributed by atoms with Crippen molar-refractivity contribution in [2.24, 2.45) is 7.05 Å². The van der Waals surface area contributed by atoms with Gasteiger partial charge in [-0.25, -0.2) is 9.55 Å². The molecule has 0 radical (unpaired) electrons. The van der Waals surface area contributed by atoms with Crippen LogP contribution in [0.15, 0.2) is 60.1 Å². The molecule has 0 N–H and O–H groups in total. The minimum absolute atomic E-state index is 0.421. The zero-order chi connectivity index (χ0) is 22.6. The molecule has 0 atom stereocenters. The van der Waals surface area contributed by atoms with E-state index in [1.807, 2.05) is 5.51 Å². The summed E-state index contributed by atoms with van der Waals surface area (Å²) < 4.78 is 6.08. The van der Waals surface area contributed by atoms with Gasteiger partial charge in [-0.1, -0.05) is 58.0 Å². The van der Waals surface area contributed by atoms with Crippen molar-refractivity contribution in [3.8, 4) is 17.1 Å². The largest absolute Gasteiger partial charge is 0.295 e. The van der Waals surface area contributed by atoms with E-state index < -0.39 is 0 Å². The van der Waals surface area contributed by atoms with E-state index in [1.165, 1.54) is 49.5 Å².